The molecule has 6 nitrogen and oxygen atoms in total. The van der Waals surface area contributed by atoms with E-state index in [1.54, 1.807) is 12.1 Å². The average Bonchev–Trinajstić information content (AvgIpc) is 2.48. The molecule has 0 aliphatic rings. The van der Waals surface area contributed by atoms with Crippen molar-refractivity contribution in [3.8, 4) is 0 Å². The Hall–Kier alpha value is -2.48. The van der Waals surface area contributed by atoms with E-state index in [2.05, 4.69) is 20.8 Å². The van der Waals surface area contributed by atoms with Gasteiger partial charge in [0.05, 0.1) is 5.75 Å². The number of aromatic nitrogens is 2. The molecule has 0 aliphatic carbocycles. The van der Waals surface area contributed by atoms with Gasteiger partial charge in [0, 0.05) is 12.6 Å². The van der Waals surface area contributed by atoms with Crippen molar-refractivity contribution >= 4 is 35.1 Å². The molecule has 114 valence electrons. The van der Waals surface area contributed by atoms with E-state index in [0.717, 1.165) is 0 Å². The number of halogens is 1. The maximum absolute atomic E-state index is 12.7. The highest BCUT2D eigenvalue weighted by Gasteiger charge is 2.06. The highest BCUT2D eigenvalue weighted by molar-refractivity contribution is 7.99. The fraction of sp³-hybridized carbons (Fsp3) is 0.143. The minimum absolute atomic E-state index is 0.144. The smallest absolute Gasteiger partial charge is 0.234 e. The van der Waals surface area contributed by atoms with Crippen LogP contribution in [0.15, 0.2) is 41.4 Å². The van der Waals surface area contributed by atoms with Crippen LogP contribution in [0.25, 0.3) is 0 Å². The summed E-state index contributed by atoms with van der Waals surface area (Å²) in [5.74, 6) is -0.321. The zero-order valence-corrected chi connectivity index (χ0v) is 12.5. The van der Waals surface area contributed by atoms with Gasteiger partial charge >= 0.3 is 0 Å². The number of amides is 2. The molecule has 2 N–H and O–H groups in total. The van der Waals surface area contributed by atoms with Crippen LogP contribution in [0.4, 0.5) is 15.9 Å². The van der Waals surface area contributed by atoms with Gasteiger partial charge in [-0.25, -0.2) is 4.39 Å². The molecule has 2 amide bonds. The first kappa shape index (κ1) is 15.9. The number of benzene rings is 1. The largest absolute Gasteiger partial charge is 0.325 e. The highest BCUT2D eigenvalue weighted by Crippen LogP contribution is 2.16. The molecule has 1 aromatic carbocycles. The molecule has 0 aliphatic heterocycles. The Morgan fingerprint density at radius 1 is 1.09 bits per heavy atom. The van der Waals surface area contributed by atoms with E-state index in [9.17, 15) is 14.0 Å². The molecule has 0 unspecified atom stereocenters. The number of nitrogens with one attached hydrogen (secondary N) is 2. The molecule has 2 rings (SSSR count). The van der Waals surface area contributed by atoms with Crippen molar-refractivity contribution in [2.24, 2.45) is 0 Å². The van der Waals surface area contributed by atoms with Gasteiger partial charge in [-0.15, -0.1) is 10.2 Å². The van der Waals surface area contributed by atoms with Gasteiger partial charge in [0.25, 0.3) is 0 Å². The molecule has 2 aromatic rings. The Bertz CT molecular complexity index is 662. The summed E-state index contributed by atoms with van der Waals surface area (Å²) in [5, 5.41) is 13.4. The summed E-state index contributed by atoms with van der Waals surface area (Å²) >= 11 is 1.21. The molecule has 0 saturated heterocycles. The molecule has 0 spiro atoms. The third kappa shape index (κ3) is 5.13. The second-order valence-corrected chi connectivity index (χ2v) is 5.28. The lowest BCUT2D eigenvalue weighted by atomic mass is 10.3. The maximum Gasteiger partial charge on any atom is 0.234 e. The summed E-state index contributed by atoms with van der Waals surface area (Å²) in [6, 6.07) is 8.78. The van der Waals surface area contributed by atoms with Gasteiger partial charge in [-0.05, 0) is 36.4 Å². The van der Waals surface area contributed by atoms with Gasteiger partial charge < -0.3 is 10.6 Å². The van der Waals surface area contributed by atoms with E-state index >= 15 is 0 Å². The first-order valence-electron chi connectivity index (χ1n) is 6.32. The molecule has 22 heavy (non-hydrogen) atoms. The van der Waals surface area contributed by atoms with Crippen molar-refractivity contribution in [1.82, 2.24) is 10.2 Å². The summed E-state index contributed by atoms with van der Waals surface area (Å²) in [5.41, 5.74) is 0.527. The van der Waals surface area contributed by atoms with Crippen molar-refractivity contribution in [2.45, 2.75) is 11.9 Å². The first-order valence-corrected chi connectivity index (χ1v) is 7.31. The molecular weight excluding hydrogens is 307 g/mol. The summed E-state index contributed by atoms with van der Waals surface area (Å²) in [4.78, 5) is 22.6. The van der Waals surface area contributed by atoms with E-state index in [-0.39, 0.29) is 23.4 Å². The van der Waals surface area contributed by atoms with Crippen molar-refractivity contribution in [2.75, 3.05) is 16.4 Å². The summed E-state index contributed by atoms with van der Waals surface area (Å²) in [7, 11) is 0. The molecule has 1 heterocycles. The number of carbonyl (C=O) groups is 2. The fourth-order valence-electron chi connectivity index (χ4n) is 1.51. The van der Waals surface area contributed by atoms with Gasteiger partial charge in [0.2, 0.25) is 11.8 Å². The number of anilines is 2. The maximum atomic E-state index is 12.7. The Morgan fingerprint density at radius 2 is 1.82 bits per heavy atom. The Balaban J connectivity index is 1.83. The number of nitrogens with zero attached hydrogens (tertiary/aromatic N) is 2. The molecule has 0 radical (unpaired) electrons. The molecule has 0 fully saturated rings. The minimum Gasteiger partial charge on any atom is -0.325 e. The van der Waals surface area contributed by atoms with E-state index in [4.69, 9.17) is 0 Å². The van der Waals surface area contributed by atoms with Crippen LogP contribution in [0.1, 0.15) is 6.92 Å². The highest BCUT2D eigenvalue weighted by atomic mass is 32.2. The predicted octanol–water partition coefficient (Wildman–Crippen LogP) is 2.30. The first-order chi connectivity index (χ1) is 10.5. The van der Waals surface area contributed by atoms with Crippen molar-refractivity contribution < 1.29 is 14.0 Å². The van der Waals surface area contributed by atoms with Gasteiger partial charge in [-0.3, -0.25) is 9.59 Å². The van der Waals surface area contributed by atoms with Gasteiger partial charge in [-0.2, -0.15) is 0 Å². The standard InChI is InChI=1S/C14H13FN4O2S/c1-9(20)16-12-6-7-14(19-18-12)22-8-13(21)17-11-4-2-10(15)3-5-11/h2-7H,8H2,1H3,(H,17,21)(H,16,18,20). The Kier molecular flexibility index (Phi) is 5.42. The van der Waals surface area contributed by atoms with Crippen LogP contribution in [0, 0.1) is 5.82 Å². The lowest BCUT2D eigenvalue weighted by Crippen LogP contribution is -2.14. The van der Waals surface area contributed by atoms with Crippen molar-refractivity contribution in [1.29, 1.82) is 0 Å². The van der Waals surface area contributed by atoms with Crippen molar-refractivity contribution in [3.05, 3.63) is 42.2 Å². The summed E-state index contributed by atoms with van der Waals surface area (Å²) in [6.45, 7) is 1.38. The van der Waals surface area contributed by atoms with E-state index in [1.807, 2.05) is 0 Å². The van der Waals surface area contributed by atoms with Crippen LogP contribution in [-0.2, 0) is 9.59 Å². The molecular formula is C14H13FN4O2S. The van der Waals surface area contributed by atoms with Crippen LogP contribution in [0.3, 0.4) is 0 Å². The summed E-state index contributed by atoms with van der Waals surface area (Å²) in [6.07, 6.45) is 0. The Morgan fingerprint density at radius 3 is 2.41 bits per heavy atom. The number of carbonyl (C=O) groups excluding carboxylic acids is 2. The van der Waals surface area contributed by atoms with Crippen LogP contribution < -0.4 is 10.6 Å². The quantitative estimate of drug-likeness (QED) is 0.826. The Labute approximate surface area is 130 Å². The SMILES string of the molecule is CC(=O)Nc1ccc(SCC(=O)Nc2ccc(F)cc2)nn1. The molecule has 8 heteroatoms. The predicted molar refractivity (Wildman–Crippen MR) is 82.1 cm³/mol. The number of hydrogen-bond donors (Lipinski definition) is 2. The second kappa shape index (κ2) is 7.51. The normalized spacial score (nSPS) is 10.1. The number of rotatable bonds is 5. The lowest BCUT2D eigenvalue weighted by molar-refractivity contribution is -0.114. The van der Waals surface area contributed by atoms with Crippen LogP contribution in [0.2, 0.25) is 0 Å². The van der Waals surface area contributed by atoms with Gasteiger partial charge in [0.1, 0.15) is 10.8 Å². The number of hydrogen-bond acceptors (Lipinski definition) is 5. The fourth-order valence-corrected chi connectivity index (χ4v) is 2.13. The van der Waals surface area contributed by atoms with Crippen LogP contribution in [0.5, 0.6) is 0 Å². The topological polar surface area (TPSA) is 84.0 Å². The number of thioether (sulfide) groups is 1. The third-order valence-electron chi connectivity index (χ3n) is 2.42. The van der Waals surface area contributed by atoms with Crippen LogP contribution in [-0.4, -0.2) is 27.8 Å². The van der Waals surface area contributed by atoms with E-state index < -0.39 is 0 Å². The second-order valence-electron chi connectivity index (χ2n) is 4.28. The van der Waals surface area contributed by atoms with E-state index in [1.165, 1.54) is 43.0 Å². The minimum atomic E-state index is -0.359. The van der Waals surface area contributed by atoms with E-state index in [0.29, 0.717) is 16.5 Å². The monoisotopic (exact) mass is 320 g/mol. The van der Waals surface area contributed by atoms with Crippen LogP contribution >= 0.6 is 11.8 Å². The third-order valence-corrected chi connectivity index (χ3v) is 3.34. The van der Waals surface area contributed by atoms with Gasteiger partial charge in [-0.1, -0.05) is 11.8 Å². The van der Waals surface area contributed by atoms with Gasteiger partial charge in [0.15, 0.2) is 5.82 Å². The molecule has 0 bridgehead atoms. The zero-order valence-electron chi connectivity index (χ0n) is 11.7. The summed E-state index contributed by atoms with van der Waals surface area (Å²) < 4.78 is 12.7. The molecule has 0 saturated carbocycles. The van der Waals surface area contributed by atoms with Crippen molar-refractivity contribution in [3.63, 3.8) is 0 Å². The zero-order chi connectivity index (χ0) is 15.9. The molecule has 1 aromatic heterocycles. The lowest BCUT2D eigenvalue weighted by Gasteiger charge is -2.05. The molecule has 0 atom stereocenters. The average molecular weight is 320 g/mol.